The lowest BCUT2D eigenvalue weighted by molar-refractivity contribution is 0.553. The van der Waals surface area contributed by atoms with E-state index in [0.717, 1.165) is 6.07 Å². The Hall–Kier alpha value is -1.42. The number of halogens is 1. The molecule has 0 aromatic heterocycles. The van der Waals surface area contributed by atoms with Gasteiger partial charge in [-0.2, -0.15) is 8.42 Å². The van der Waals surface area contributed by atoms with Gasteiger partial charge in [0.2, 0.25) is 0 Å². The fraction of sp³-hybridized carbons (Fsp3) is 0. The molecule has 14 heavy (non-hydrogen) atoms. The van der Waals surface area contributed by atoms with Crippen molar-refractivity contribution in [1.29, 1.82) is 0 Å². The maximum absolute atomic E-state index is 12.8. The van der Waals surface area contributed by atoms with Gasteiger partial charge in [0.1, 0.15) is 4.90 Å². The van der Waals surface area contributed by atoms with E-state index in [-0.39, 0.29) is 4.90 Å². The Morgan fingerprint density at radius 1 is 1.21 bits per heavy atom. The minimum Gasteiger partial charge on any atom is -0.189 e. The molecule has 0 amide bonds. The second kappa shape index (κ2) is 3.06. The maximum atomic E-state index is 12.8. The summed E-state index contributed by atoms with van der Waals surface area (Å²) in [5.74, 6) is 0. The van der Waals surface area contributed by atoms with Crippen LogP contribution in [0.25, 0.3) is 10.8 Å². The maximum Gasteiger partial charge on any atom is 0.332 e. The molecule has 0 atom stereocenters. The molecule has 0 N–H and O–H groups in total. The first-order valence-electron chi connectivity index (χ1n) is 3.85. The first-order chi connectivity index (χ1) is 6.59. The van der Waals surface area contributed by atoms with Gasteiger partial charge in [0.05, 0.1) is 0 Å². The van der Waals surface area contributed by atoms with Crippen molar-refractivity contribution in [3.8, 4) is 0 Å². The molecule has 0 aliphatic rings. The summed E-state index contributed by atoms with van der Waals surface area (Å²) in [7, 11) is -4.68. The van der Waals surface area contributed by atoms with Crippen LogP contribution >= 0.6 is 0 Å². The third-order valence-electron chi connectivity index (χ3n) is 1.87. The summed E-state index contributed by atoms with van der Waals surface area (Å²) in [4.78, 5) is -0.355. The summed E-state index contributed by atoms with van der Waals surface area (Å²) in [6, 6.07) is 12.8. The van der Waals surface area contributed by atoms with E-state index in [1.807, 2.05) is 0 Å². The van der Waals surface area contributed by atoms with Gasteiger partial charge in [0.15, 0.2) is 0 Å². The van der Waals surface area contributed by atoms with Gasteiger partial charge in [-0.1, -0.05) is 24.3 Å². The van der Waals surface area contributed by atoms with Crippen LogP contribution in [0, 0.1) is 12.1 Å². The lowest BCUT2D eigenvalue weighted by atomic mass is 10.1. The molecule has 0 heterocycles. The van der Waals surface area contributed by atoms with Crippen LogP contribution in [0.5, 0.6) is 0 Å². The molecule has 0 unspecified atom stereocenters. The van der Waals surface area contributed by atoms with E-state index in [1.54, 1.807) is 18.2 Å². The van der Waals surface area contributed by atoms with Crippen LogP contribution in [0.1, 0.15) is 0 Å². The highest BCUT2D eigenvalue weighted by atomic mass is 32.3. The van der Waals surface area contributed by atoms with Gasteiger partial charge in [-0.15, -0.1) is 3.89 Å². The lowest BCUT2D eigenvalue weighted by Crippen LogP contribution is -1.92. The van der Waals surface area contributed by atoms with Gasteiger partial charge in [-0.25, -0.2) is 0 Å². The van der Waals surface area contributed by atoms with Crippen molar-refractivity contribution in [3.63, 3.8) is 0 Å². The number of benzene rings is 2. The molecule has 2 aromatic carbocycles. The van der Waals surface area contributed by atoms with Crippen molar-refractivity contribution < 1.29 is 12.3 Å². The SMILES string of the molecule is O=S(=O)(F)c1c[c][c]c2ccccc12. The van der Waals surface area contributed by atoms with Gasteiger partial charge in [-0.05, 0) is 23.6 Å². The zero-order valence-electron chi connectivity index (χ0n) is 6.99. The van der Waals surface area contributed by atoms with Gasteiger partial charge in [-0.3, -0.25) is 0 Å². The second-order valence-corrected chi connectivity index (χ2v) is 4.08. The second-order valence-electron chi connectivity index (χ2n) is 2.76. The Bertz CT molecular complexity index is 570. The quantitative estimate of drug-likeness (QED) is 0.672. The van der Waals surface area contributed by atoms with Crippen LogP contribution < -0.4 is 0 Å². The molecule has 2 radical (unpaired) electrons. The van der Waals surface area contributed by atoms with Gasteiger partial charge in [0.25, 0.3) is 0 Å². The van der Waals surface area contributed by atoms with E-state index >= 15 is 0 Å². The normalized spacial score (nSPS) is 11.8. The average molecular weight is 208 g/mol. The fourth-order valence-corrected chi connectivity index (χ4v) is 1.91. The topological polar surface area (TPSA) is 34.1 Å². The Morgan fingerprint density at radius 3 is 2.64 bits per heavy atom. The largest absolute Gasteiger partial charge is 0.332 e. The molecule has 0 saturated heterocycles. The van der Waals surface area contributed by atoms with Crippen LogP contribution in [0.4, 0.5) is 3.89 Å². The Morgan fingerprint density at radius 2 is 1.93 bits per heavy atom. The minimum atomic E-state index is -4.68. The van der Waals surface area contributed by atoms with E-state index in [0.29, 0.717) is 10.8 Å². The van der Waals surface area contributed by atoms with Crippen molar-refractivity contribution in [2.45, 2.75) is 4.90 Å². The number of rotatable bonds is 1. The first-order valence-corrected chi connectivity index (χ1v) is 5.23. The predicted molar refractivity (Wildman–Crippen MR) is 49.9 cm³/mol. The summed E-state index contributed by atoms with van der Waals surface area (Å²) in [5, 5.41) is 0.861. The molecule has 0 aliphatic heterocycles. The van der Waals surface area contributed by atoms with Crippen molar-refractivity contribution in [3.05, 3.63) is 42.5 Å². The van der Waals surface area contributed by atoms with Gasteiger partial charge in [0, 0.05) is 5.39 Å². The van der Waals surface area contributed by atoms with Crippen molar-refractivity contribution >= 4 is 21.0 Å². The monoisotopic (exact) mass is 208 g/mol. The van der Waals surface area contributed by atoms with Crippen molar-refractivity contribution in [2.24, 2.45) is 0 Å². The zero-order valence-corrected chi connectivity index (χ0v) is 7.81. The molecule has 2 aromatic rings. The molecule has 4 heteroatoms. The molecular formula is C10H5FO2S. The first kappa shape index (κ1) is 9.15. The zero-order chi connectivity index (χ0) is 10.2. The Balaban J connectivity index is 2.92. The van der Waals surface area contributed by atoms with Gasteiger partial charge >= 0.3 is 10.2 Å². The molecule has 2 nitrogen and oxygen atoms in total. The highest BCUT2D eigenvalue weighted by molar-refractivity contribution is 7.86. The molecule has 70 valence electrons. The van der Waals surface area contributed by atoms with Crippen LogP contribution in [-0.2, 0) is 10.2 Å². The minimum absolute atomic E-state index is 0.328. The molecule has 2 rings (SSSR count). The molecule has 0 aliphatic carbocycles. The van der Waals surface area contributed by atoms with E-state index in [1.165, 1.54) is 6.07 Å². The summed E-state index contributed by atoms with van der Waals surface area (Å²) < 4.78 is 34.3. The van der Waals surface area contributed by atoms with Crippen LogP contribution in [0.3, 0.4) is 0 Å². The third kappa shape index (κ3) is 1.48. The smallest absolute Gasteiger partial charge is 0.189 e. The number of hydrogen-bond acceptors (Lipinski definition) is 2. The predicted octanol–water partition coefficient (Wildman–Crippen LogP) is 2.10. The van der Waals surface area contributed by atoms with Crippen LogP contribution in [0.15, 0.2) is 35.2 Å². The number of hydrogen-bond donors (Lipinski definition) is 0. The standard InChI is InChI=1S/C10H5FO2S/c11-14(12,13)10-7-3-5-8-4-1-2-6-9(8)10/h1-2,4,6-7H. The van der Waals surface area contributed by atoms with Crippen LogP contribution in [0.2, 0.25) is 0 Å². The fourth-order valence-electron chi connectivity index (χ4n) is 1.27. The Labute approximate surface area is 81.2 Å². The highest BCUT2D eigenvalue weighted by Crippen LogP contribution is 2.23. The van der Waals surface area contributed by atoms with Crippen molar-refractivity contribution in [1.82, 2.24) is 0 Å². The number of fused-ring (bicyclic) bond motifs is 1. The van der Waals surface area contributed by atoms with Gasteiger partial charge < -0.3 is 0 Å². The van der Waals surface area contributed by atoms with E-state index < -0.39 is 10.2 Å². The molecule has 0 saturated carbocycles. The molecular weight excluding hydrogens is 203 g/mol. The lowest BCUT2D eigenvalue weighted by Gasteiger charge is -2.00. The third-order valence-corrected chi connectivity index (χ3v) is 2.73. The molecule has 0 fully saturated rings. The average Bonchev–Trinajstić information content (AvgIpc) is 2.15. The molecule has 0 bridgehead atoms. The van der Waals surface area contributed by atoms with E-state index in [4.69, 9.17) is 0 Å². The molecule has 0 spiro atoms. The van der Waals surface area contributed by atoms with Crippen LogP contribution in [-0.4, -0.2) is 8.42 Å². The van der Waals surface area contributed by atoms with E-state index in [9.17, 15) is 12.3 Å². The summed E-state index contributed by atoms with van der Waals surface area (Å²) >= 11 is 0. The Kier molecular flexibility index (Phi) is 2.00. The summed E-state index contributed by atoms with van der Waals surface area (Å²) in [6.45, 7) is 0. The summed E-state index contributed by atoms with van der Waals surface area (Å²) in [6.07, 6.45) is 0. The van der Waals surface area contributed by atoms with Crippen molar-refractivity contribution in [2.75, 3.05) is 0 Å². The van der Waals surface area contributed by atoms with E-state index in [2.05, 4.69) is 12.1 Å². The summed E-state index contributed by atoms with van der Waals surface area (Å²) in [5.41, 5.74) is 0. The highest BCUT2D eigenvalue weighted by Gasteiger charge is 2.14.